The zero-order valence-corrected chi connectivity index (χ0v) is 12.1. The van der Waals surface area contributed by atoms with Crippen molar-refractivity contribution in [3.63, 3.8) is 0 Å². The molecule has 0 saturated heterocycles. The Labute approximate surface area is 115 Å². The van der Waals surface area contributed by atoms with E-state index in [0.29, 0.717) is 23.3 Å². The van der Waals surface area contributed by atoms with Crippen molar-refractivity contribution in [2.24, 2.45) is 11.8 Å². The molecule has 1 aromatic carbocycles. The van der Waals surface area contributed by atoms with Gasteiger partial charge in [-0.3, -0.25) is 0 Å². The molecule has 2 rings (SSSR count). The average molecular weight is 279 g/mol. The Balaban J connectivity index is 2.01. The highest BCUT2D eigenvalue weighted by Gasteiger charge is 2.26. The lowest BCUT2D eigenvalue weighted by Crippen LogP contribution is -2.30. The summed E-state index contributed by atoms with van der Waals surface area (Å²) in [5.74, 6) is 0.832. The summed E-state index contributed by atoms with van der Waals surface area (Å²) in [6.07, 6.45) is 5.32. The van der Waals surface area contributed by atoms with E-state index in [-0.39, 0.29) is 0 Å². The van der Waals surface area contributed by atoms with Gasteiger partial charge in [-0.15, -0.1) is 6.58 Å². The van der Waals surface area contributed by atoms with Crippen LogP contribution < -0.4 is 4.72 Å². The molecular formula is C15H21NO2S. The summed E-state index contributed by atoms with van der Waals surface area (Å²) in [7, 11) is -3.38. The Bertz CT molecular complexity index is 534. The Morgan fingerprint density at radius 2 is 2.00 bits per heavy atom. The standard InChI is InChI=1S/C15H21NO2S/c1-3-13-5-4-6-14(13)11-16-19(17,18)15-9-7-12(2)8-10-15/h3,7-10,13-14,16H,1,4-6,11H2,2H3/t13-,14+/m0/s1. The van der Waals surface area contributed by atoms with Gasteiger partial charge in [0.2, 0.25) is 10.0 Å². The summed E-state index contributed by atoms with van der Waals surface area (Å²) < 4.78 is 27.0. The number of rotatable bonds is 5. The number of nitrogens with one attached hydrogen (secondary N) is 1. The number of allylic oxidation sites excluding steroid dienone is 1. The van der Waals surface area contributed by atoms with Gasteiger partial charge < -0.3 is 0 Å². The lowest BCUT2D eigenvalue weighted by atomic mass is 9.97. The number of sulfonamides is 1. The number of hydrogen-bond acceptors (Lipinski definition) is 2. The second-order valence-corrected chi connectivity index (χ2v) is 7.02. The molecular weight excluding hydrogens is 258 g/mol. The molecule has 1 N–H and O–H groups in total. The molecule has 104 valence electrons. The van der Waals surface area contributed by atoms with Gasteiger partial charge in [-0.2, -0.15) is 0 Å². The van der Waals surface area contributed by atoms with Crippen molar-refractivity contribution in [1.82, 2.24) is 4.72 Å². The molecule has 4 heteroatoms. The molecule has 0 amide bonds. The van der Waals surface area contributed by atoms with Crippen molar-refractivity contribution in [3.8, 4) is 0 Å². The van der Waals surface area contributed by atoms with Crippen molar-refractivity contribution in [2.75, 3.05) is 6.54 Å². The topological polar surface area (TPSA) is 46.2 Å². The van der Waals surface area contributed by atoms with E-state index in [9.17, 15) is 8.42 Å². The van der Waals surface area contributed by atoms with Crippen molar-refractivity contribution in [2.45, 2.75) is 31.1 Å². The quantitative estimate of drug-likeness (QED) is 0.842. The second-order valence-electron chi connectivity index (χ2n) is 5.26. The molecule has 1 aliphatic carbocycles. The van der Waals surface area contributed by atoms with Crippen molar-refractivity contribution >= 4 is 10.0 Å². The third-order valence-corrected chi connectivity index (χ3v) is 5.33. The van der Waals surface area contributed by atoms with Gasteiger partial charge in [-0.05, 0) is 43.7 Å². The van der Waals surface area contributed by atoms with E-state index < -0.39 is 10.0 Å². The molecule has 0 spiro atoms. The molecule has 0 aliphatic heterocycles. The molecule has 1 aliphatic rings. The molecule has 1 saturated carbocycles. The van der Waals surface area contributed by atoms with Crippen LogP contribution in [-0.2, 0) is 10.0 Å². The lowest BCUT2D eigenvalue weighted by Gasteiger charge is -2.16. The third-order valence-electron chi connectivity index (χ3n) is 3.89. The Morgan fingerprint density at radius 1 is 1.32 bits per heavy atom. The van der Waals surface area contributed by atoms with Gasteiger partial charge in [0.1, 0.15) is 0 Å². The first kappa shape index (κ1) is 14.3. The molecule has 2 atom stereocenters. The van der Waals surface area contributed by atoms with Gasteiger partial charge >= 0.3 is 0 Å². The average Bonchev–Trinajstić information content (AvgIpc) is 2.84. The molecule has 0 radical (unpaired) electrons. The predicted octanol–water partition coefficient (Wildman–Crippen LogP) is 2.88. The first-order valence-electron chi connectivity index (χ1n) is 6.72. The van der Waals surface area contributed by atoms with Crippen molar-refractivity contribution < 1.29 is 8.42 Å². The Hall–Kier alpha value is -1.13. The van der Waals surface area contributed by atoms with E-state index in [0.717, 1.165) is 24.8 Å². The largest absolute Gasteiger partial charge is 0.240 e. The van der Waals surface area contributed by atoms with Crippen molar-refractivity contribution in [3.05, 3.63) is 42.5 Å². The molecule has 3 nitrogen and oxygen atoms in total. The second kappa shape index (κ2) is 5.88. The summed E-state index contributed by atoms with van der Waals surface area (Å²) in [6, 6.07) is 6.93. The van der Waals surface area contributed by atoms with E-state index in [1.807, 2.05) is 25.1 Å². The third kappa shape index (κ3) is 3.45. The van der Waals surface area contributed by atoms with Crippen LogP contribution in [-0.4, -0.2) is 15.0 Å². The number of aryl methyl sites for hydroxylation is 1. The number of benzene rings is 1. The summed E-state index contributed by atoms with van der Waals surface area (Å²) in [6.45, 7) is 6.28. The van der Waals surface area contributed by atoms with E-state index in [4.69, 9.17) is 0 Å². The molecule has 1 aromatic rings. The van der Waals surface area contributed by atoms with Crippen LogP contribution in [0.5, 0.6) is 0 Å². The van der Waals surface area contributed by atoms with Crippen LogP contribution in [0.4, 0.5) is 0 Å². The fourth-order valence-electron chi connectivity index (χ4n) is 2.65. The Kier molecular flexibility index (Phi) is 4.42. The van der Waals surface area contributed by atoms with Gasteiger partial charge in [0.05, 0.1) is 4.90 Å². The highest BCUT2D eigenvalue weighted by Crippen LogP contribution is 2.32. The Morgan fingerprint density at radius 3 is 2.63 bits per heavy atom. The molecule has 0 bridgehead atoms. The highest BCUT2D eigenvalue weighted by atomic mass is 32.2. The highest BCUT2D eigenvalue weighted by molar-refractivity contribution is 7.89. The lowest BCUT2D eigenvalue weighted by molar-refractivity contribution is 0.450. The van der Waals surface area contributed by atoms with Gasteiger partial charge in [0.15, 0.2) is 0 Å². The minimum atomic E-state index is -3.38. The fraction of sp³-hybridized carbons (Fsp3) is 0.467. The normalized spacial score (nSPS) is 23.4. The van der Waals surface area contributed by atoms with Crippen LogP contribution in [0.25, 0.3) is 0 Å². The van der Waals surface area contributed by atoms with Gasteiger partial charge in [0.25, 0.3) is 0 Å². The first-order chi connectivity index (χ1) is 9.03. The van der Waals surface area contributed by atoms with E-state index in [1.54, 1.807) is 12.1 Å². The molecule has 0 aromatic heterocycles. The summed E-state index contributed by atoms with van der Waals surface area (Å²) in [4.78, 5) is 0.339. The summed E-state index contributed by atoms with van der Waals surface area (Å²) in [5.41, 5.74) is 1.06. The monoisotopic (exact) mass is 279 g/mol. The van der Waals surface area contributed by atoms with Gasteiger partial charge in [-0.1, -0.05) is 30.2 Å². The van der Waals surface area contributed by atoms with E-state index in [1.165, 1.54) is 0 Å². The van der Waals surface area contributed by atoms with Crippen LogP contribution in [0.1, 0.15) is 24.8 Å². The predicted molar refractivity (Wildman–Crippen MR) is 77.4 cm³/mol. The van der Waals surface area contributed by atoms with Gasteiger partial charge in [-0.25, -0.2) is 13.1 Å². The van der Waals surface area contributed by atoms with Crippen LogP contribution in [0.15, 0.2) is 41.8 Å². The summed E-state index contributed by atoms with van der Waals surface area (Å²) in [5, 5.41) is 0. The maximum Gasteiger partial charge on any atom is 0.240 e. The van der Waals surface area contributed by atoms with Crippen LogP contribution in [0.2, 0.25) is 0 Å². The maximum atomic E-state index is 12.2. The minimum absolute atomic E-state index is 0.339. The maximum absolute atomic E-state index is 12.2. The van der Waals surface area contributed by atoms with Crippen LogP contribution in [0.3, 0.4) is 0 Å². The molecule has 0 heterocycles. The van der Waals surface area contributed by atoms with Gasteiger partial charge in [0, 0.05) is 6.54 Å². The molecule has 0 unspecified atom stereocenters. The van der Waals surface area contributed by atoms with Crippen LogP contribution in [0, 0.1) is 18.8 Å². The first-order valence-corrected chi connectivity index (χ1v) is 8.20. The van der Waals surface area contributed by atoms with Crippen LogP contribution >= 0.6 is 0 Å². The molecule has 19 heavy (non-hydrogen) atoms. The zero-order chi connectivity index (χ0) is 13.9. The zero-order valence-electron chi connectivity index (χ0n) is 11.3. The van der Waals surface area contributed by atoms with Crippen molar-refractivity contribution in [1.29, 1.82) is 0 Å². The SMILES string of the molecule is C=C[C@H]1CCC[C@@H]1CNS(=O)(=O)c1ccc(C)cc1. The van der Waals surface area contributed by atoms with E-state index >= 15 is 0 Å². The minimum Gasteiger partial charge on any atom is -0.211 e. The van der Waals surface area contributed by atoms with E-state index in [2.05, 4.69) is 11.3 Å². The molecule has 1 fully saturated rings. The fourth-order valence-corrected chi connectivity index (χ4v) is 3.74. The smallest absolute Gasteiger partial charge is 0.211 e. The summed E-state index contributed by atoms with van der Waals surface area (Å²) >= 11 is 0. The number of hydrogen-bond donors (Lipinski definition) is 1.